The first-order valence-electron chi connectivity index (χ1n) is 27.4. The van der Waals surface area contributed by atoms with Gasteiger partial charge in [-0.3, -0.25) is 0 Å². The minimum absolute atomic E-state index is 0.292. The summed E-state index contributed by atoms with van der Waals surface area (Å²) in [6.45, 7) is 0. The molecule has 10 aliphatic carbocycles. The lowest BCUT2D eigenvalue weighted by Crippen LogP contribution is -2.48. The summed E-state index contributed by atoms with van der Waals surface area (Å²) in [4.78, 5) is 2.57. The molecule has 71 heavy (non-hydrogen) atoms. The second-order valence-corrected chi connectivity index (χ2v) is 24.4. The van der Waals surface area contributed by atoms with E-state index in [-0.39, 0.29) is 0 Å². The number of hydrogen-bond acceptors (Lipinski definition) is 2. The zero-order valence-electron chi connectivity index (χ0n) is 40.5. The SMILES string of the molecule is c1ccc(-c2ccccc2N(c2ccc3c(c2)oc2ccccc23)c2cccc3c2-c2ccccc2C32c3cc(C45CC6CC(CC(C6)C4)C5)ccc3-c3ccc(C45CC6CC(CC(C6)C4)C5)cc32)cc1. The van der Waals surface area contributed by atoms with E-state index in [0.29, 0.717) is 10.8 Å². The van der Waals surface area contributed by atoms with Gasteiger partial charge in [-0.1, -0.05) is 140 Å². The van der Waals surface area contributed by atoms with E-state index in [9.17, 15) is 0 Å². The molecule has 0 N–H and O–H groups in total. The van der Waals surface area contributed by atoms with E-state index in [2.05, 4.69) is 181 Å². The fourth-order valence-electron chi connectivity index (χ4n) is 18.8. The van der Waals surface area contributed by atoms with Gasteiger partial charge in [0.1, 0.15) is 11.2 Å². The van der Waals surface area contributed by atoms with Crippen molar-refractivity contribution in [2.45, 2.75) is 93.3 Å². The van der Waals surface area contributed by atoms with Gasteiger partial charge in [-0.05, 0) is 209 Å². The first kappa shape index (κ1) is 40.0. The Morgan fingerprint density at radius 3 is 1.54 bits per heavy atom. The average Bonchev–Trinajstić information content (AvgIpc) is 4.02. The van der Waals surface area contributed by atoms with Crippen LogP contribution in [0.4, 0.5) is 17.1 Å². The smallest absolute Gasteiger partial charge is 0.137 e. The zero-order chi connectivity index (χ0) is 46.2. The van der Waals surface area contributed by atoms with Gasteiger partial charge >= 0.3 is 0 Å². The number of fused-ring (bicyclic) bond motifs is 13. The van der Waals surface area contributed by atoms with Gasteiger partial charge in [0, 0.05) is 33.7 Å². The van der Waals surface area contributed by atoms with Crippen LogP contribution in [0.2, 0.25) is 0 Å². The van der Waals surface area contributed by atoms with Crippen LogP contribution in [0.5, 0.6) is 0 Å². The number of anilines is 3. The van der Waals surface area contributed by atoms with Gasteiger partial charge < -0.3 is 9.32 Å². The van der Waals surface area contributed by atoms with Crippen LogP contribution in [0.15, 0.2) is 180 Å². The summed E-state index contributed by atoms with van der Waals surface area (Å²) in [7, 11) is 0. The van der Waals surface area contributed by atoms with Crippen molar-refractivity contribution in [1.29, 1.82) is 0 Å². The third kappa shape index (κ3) is 5.44. The summed E-state index contributed by atoms with van der Waals surface area (Å²) in [6.07, 6.45) is 17.0. The van der Waals surface area contributed by atoms with Crippen LogP contribution in [-0.4, -0.2) is 0 Å². The number of rotatable bonds is 6. The molecule has 1 spiro atoms. The predicted molar refractivity (Wildman–Crippen MR) is 290 cm³/mol. The van der Waals surface area contributed by atoms with E-state index in [4.69, 9.17) is 4.42 Å². The molecule has 1 aromatic heterocycles. The molecule has 0 amide bonds. The molecule has 8 bridgehead atoms. The normalized spacial score (nSPS) is 29.7. The lowest BCUT2D eigenvalue weighted by molar-refractivity contribution is -0.00530. The lowest BCUT2D eigenvalue weighted by atomic mass is 9.48. The quantitative estimate of drug-likeness (QED) is 0.165. The summed E-state index contributed by atoms with van der Waals surface area (Å²) in [5.41, 5.74) is 22.6. The molecule has 0 unspecified atom stereocenters. The Hall–Kier alpha value is -6.64. The van der Waals surface area contributed by atoms with Crippen molar-refractivity contribution in [1.82, 2.24) is 0 Å². The Labute approximate surface area is 417 Å². The highest BCUT2D eigenvalue weighted by molar-refractivity contribution is 6.07. The van der Waals surface area contributed by atoms with Crippen molar-refractivity contribution in [2.24, 2.45) is 35.5 Å². The number of para-hydroxylation sites is 2. The Kier molecular flexibility index (Phi) is 8.05. The Morgan fingerprint density at radius 2 is 0.887 bits per heavy atom. The molecule has 1 heterocycles. The number of benzene rings is 8. The summed E-state index contributed by atoms with van der Waals surface area (Å²) < 4.78 is 6.70. The standard InChI is InChI=1S/C69H59NO/c1-2-11-48(12-3-1)52-13-5-8-18-62(52)70(51-23-26-56-55-14-6-9-20-64(55)71-65(56)35-51)63-19-10-17-59-66(63)57-15-4-7-16-58(57)69(59)60-33-49(67-36-42-27-43(37-67)29-44(28-42)38-67)21-24-53(60)54-25-22-50(34-61(54)69)68-39-45-30-46(40-68)32-47(31-45)41-68/h1-26,33-35,42-47H,27-32,36-41H2. The van der Waals surface area contributed by atoms with Crippen LogP contribution in [0.25, 0.3) is 55.3 Å². The second-order valence-electron chi connectivity index (χ2n) is 24.4. The molecule has 9 aromatic rings. The van der Waals surface area contributed by atoms with Crippen LogP contribution in [0, 0.1) is 35.5 Å². The van der Waals surface area contributed by atoms with Crippen molar-refractivity contribution < 1.29 is 4.42 Å². The van der Waals surface area contributed by atoms with Crippen molar-refractivity contribution >= 4 is 39.0 Å². The monoisotopic (exact) mass is 917 g/mol. The van der Waals surface area contributed by atoms with E-state index < -0.39 is 5.41 Å². The van der Waals surface area contributed by atoms with E-state index in [0.717, 1.165) is 68.8 Å². The van der Waals surface area contributed by atoms with Gasteiger partial charge in [0.2, 0.25) is 0 Å². The van der Waals surface area contributed by atoms with Crippen LogP contribution in [0.1, 0.15) is 110 Å². The van der Waals surface area contributed by atoms with E-state index >= 15 is 0 Å². The van der Waals surface area contributed by atoms with Crippen LogP contribution in [-0.2, 0) is 16.2 Å². The summed E-state index contributed by atoms with van der Waals surface area (Å²) >= 11 is 0. The first-order chi connectivity index (χ1) is 35.0. The maximum Gasteiger partial charge on any atom is 0.137 e. The number of hydrogen-bond donors (Lipinski definition) is 0. The maximum atomic E-state index is 6.70. The van der Waals surface area contributed by atoms with Crippen molar-refractivity contribution in [3.63, 3.8) is 0 Å². The lowest BCUT2D eigenvalue weighted by Gasteiger charge is -2.57. The molecule has 8 fully saturated rings. The highest BCUT2D eigenvalue weighted by Crippen LogP contribution is 2.68. The second kappa shape index (κ2) is 14.3. The molecule has 0 saturated heterocycles. The molecule has 10 aliphatic rings. The molecule has 346 valence electrons. The molecular weight excluding hydrogens is 859 g/mol. The fraction of sp³-hybridized carbons (Fsp3) is 0.304. The fourth-order valence-corrected chi connectivity index (χ4v) is 18.8. The van der Waals surface area contributed by atoms with E-state index in [1.54, 1.807) is 11.1 Å². The zero-order valence-corrected chi connectivity index (χ0v) is 40.5. The van der Waals surface area contributed by atoms with Gasteiger partial charge in [0.15, 0.2) is 0 Å². The van der Waals surface area contributed by atoms with Gasteiger partial charge in [0.25, 0.3) is 0 Å². The number of furan rings is 1. The number of nitrogens with zero attached hydrogens (tertiary/aromatic N) is 1. The Bertz CT molecular complexity index is 3540. The molecule has 19 rings (SSSR count). The van der Waals surface area contributed by atoms with Gasteiger partial charge in [-0.2, -0.15) is 0 Å². The van der Waals surface area contributed by atoms with Gasteiger partial charge in [-0.25, -0.2) is 0 Å². The maximum absolute atomic E-state index is 6.70. The minimum Gasteiger partial charge on any atom is -0.456 e. The molecule has 0 aliphatic heterocycles. The van der Waals surface area contributed by atoms with Crippen molar-refractivity contribution in [3.8, 4) is 33.4 Å². The van der Waals surface area contributed by atoms with Gasteiger partial charge in [0.05, 0.1) is 16.8 Å². The molecule has 0 atom stereocenters. The molecule has 2 heteroatoms. The van der Waals surface area contributed by atoms with Crippen molar-refractivity contribution in [3.05, 3.63) is 209 Å². The highest BCUT2D eigenvalue weighted by atomic mass is 16.3. The summed E-state index contributed by atoms with van der Waals surface area (Å²) in [6, 6.07) is 68.4. The van der Waals surface area contributed by atoms with E-state index in [1.807, 2.05) is 0 Å². The van der Waals surface area contributed by atoms with Crippen LogP contribution >= 0.6 is 0 Å². The largest absolute Gasteiger partial charge is 0.456 e. The molecule has 0 radical (unpaired) electrons. The summed E-state index contributed by atoms with van der Waals surface area (Å²) in [5.74, 6) is 5.35. The van der Waals surface area contributed by atoms with Gasteiger partial charge in [-0.15, -0.1) is 0 Å². The first-order valence-corrected chi connectivity index (χ1v) is 27.4. The van der Waals surface area contributed by atoms with Crippen molar-refractivity contribution in [2.75, 3.05) is 4.90 Å². The minimum atomic E-state index is -0.462. The van der Waals surface area contributed by atoms with Crippen LogP contribution < -0.4 is 4.90 Å². The summed E-state index contributed by atoms with van der Waals surface area (Å²) in [5, 5.41) is 2.30. The Morgan fingerprint density at radius 1 is 0.366 bits per heavy atom. The third-order valence-corrected chi connectivity index (χ3v) is 20.6. The predicted octanol–water partition coefficient (Wildman–Crippen LogP) is 18.0. The molecule has 8 aromatic carbocycles. The third-order valence-electron chi connectivity index (χ3n) is 20.6. The topological polar surface area (TPSA) is 16.4 Å². The van der Waals surface area contributed by atoms with E-state index in [1.165, 1.54) is 138 Å². The average molecular weight is 918 g/mol. The van der Waals surface area contributed by atoms with Crippen LogP contribution in [0.3, 0.4) is 0 Å². The Balaban J connectivity index is 0.938. The molecular formula is C69H59NO. The molecule has 8 saturated carbocycles. The molecule has 2 nitrogen and oxygen atoms in total. The highest BCUT2D eigenvalue weighted by Gasteiger charge is 2.57.